The average molecular weight is 214 g/mol. The van der Waals surface area contributed by atoms with E-state index in [1.807, 2.05) is 6.92 Å². The zero-order valence-corrected chi connectivity index (χ0v) is 10.0. The molecule has 0 bridgehead atoms. The van der Waals surface area contributed by atoms with E-state index in [0.717, 1.165) is 25.5 Å². The molecule has 88 valence electrons. The first kappa shape index (κ1) is 14.1. The fraction of sp³-hybridized carbons (Fsp3) is 0.833. The zero-order valence-electron chi connectivity index (χ0n) is 10.0. The van der Waals surface area contributed by atoms with Crippen LogP contribution in [0.4, 0.5) is 0 Å². The molecule has 0 aliphatic carbocycles. The molecule has 0 N–H and O–H groups in total. The first-order valence-corrected chi connectivity index (χ1v) is 5.79. The second-order valence-corrected chi connectivity index (χ2v) is 3.84. The fourth-order valence-electron chi connectivity index (χ4n) is 1.55. The standard InChI is InChI=1S/C12H22O3/c1-4-7-8-12(6-3,9-10-13)15-11(14)5-2/h10H,4-9H2,1-3H3. The highest BCUT2D eigenvalue weighted by Gasteiger charge is 2.30. The zero-order chi connectivity index (χ0) is 11.7. The van der Waals surface area contributed by atoms with Crippen LogP contribution in [-0.2, 0) is 14.3 Å². The van der Waals surface area contributed by atoms with Gasteiger partial charge in [-0.15, -0.1) is 0 Å². The van der Waals surface area contributed by atoms with Gasteiger partial charge in [-0.2, -0.15) is 0 Å². The number of esters is 1. The van der Waals surface area contributed by atoms with E-state index in [1.54, 1.807) is 6.92 Å². The lowest BCUT2D eigenvalue weighted by molar-refractivity contribution is -0.161. The number of carbonyl (C=O) groups is 2. The Morgan fingerprint density at radius 3 is 2.40 bits per heavy atom. The van der Waals surface area contributed by atoms with Crippen LogP contribution in [-0.4, -0.2) is 17.9 Å². The minimum Gasteiger partial charge on any atom is -0.459 e. The highest BCUT2D eigenvalue weighted by atomic mass is 16.6. The molecular formula is C12H22O3. The van der Waals surface area contributed by atoms with Gasteiger partial charge in [0.2, 0.25) is 0 Å². The van der Waals surface area contributed by atoms with Crippen molar-refractivity contribution in [3.63, 3.8) is 0 Å². The van der Waals surface area contributed by atoms with Crippen LogP contribution in [0.3, 0.4) is 0 Å². The molecule has 0 aliphatic heterocycles. The number of hydrogen-bond donors (Lipinski definition) is 0. The maximum absolute atomic E-state index is 11.3. The van der Waals surface area contributed by atoms with E-state index in [9.17, 15) is 9.59 Å². The van der Waals surface area contributed by atoms with Crippen molar-refractivity contribution in [1.29, 1.82) is 0 Å². The first-order chi connectivity index (χ1) is 7.14. The summed E-state index contributed by atoms with van der Waals surface area (Å²) < 4.78 is 5.41. The quantitative estimate of drug-likeness (QED) is 0.461. The summed E-state index contributed by atoms with van der Waals surface area (Å²) >= 11 is 0. The number of ether oxygens (including phenoxy) is 1. The van der Waals surface area contributed by atoms with Gasteiger partial charge in [-0.1, -0.05) is 27.2 Å². The monoisotopic (exact) mass is 214 g/mol. The second kappa shape index (κ2) is 7.43. The van der Waals surface area contributed by atoms with E-state index in [2.05, 4.69) is 6.92 Å². The van der Waals surface area contributed by atoms with E-state index in [-0.39, 0.29) is 5.97 Å². The molecule has 0 radical (unpaired) electrons. The van der Waals surface area contributed by atoms with Crippen molar-refractivity contribution in [3.8, 4) is 0 Å². The largest absolute Gasteiger partial charge is 0.459 e. The summed E-state index contributed by atoms with van der Waals surface area (Å²) in [6.45, 7) is 5.81. The lowest BCUT2D eigenvalue weighted by Gasteiger charge is -2.30. The summed E-state index contributed by atoms with van der Waals surface area (Å²) in [6, 6.07) is 0. The van der Waals surface area contributed by atoms with Crippen LogP contribution in [0, 0.1) is 0 Å². The third-order valence-electron chi connectivity index (χ3n) is 2.70. The molecule has 1 unspecified atom stereocenters. The Labute approximate surface area is 92.2 Å². The molecule has 0 rings (SSSR count). The minimum atomic E-state index is -0.551. The van der Waals surface area contributed by atoms with Gasteiger partial charge in [-0.3, -0.25) is 4.79 Å². The third kappa shape index (κ3) is 4.96. The van der Waals surface area contributed by atoms with Crippen molar-refractivity contribution in [2.45, 2.75) is 64.9 Å². The van der Waals surface area contributed by atoms with Crippen LogP contribution in [0.1, 0.15) is 59.3 Å². The second-order valence-electron chi connectivity index (χ2n) is 3.84. The van der Waals surface area contributed by atoms with E-state index in [1.165, 1.54) is 0 Å². The Hall–Kier alpha value is -0.860. The van der Waals surface area contributed by atoms with Crippen LogP contribution in [0.15, 0.2) is 0 Å². The Morgan fingerprint density at radius 1 is 1.33 bits per heavy atom. The summed E-state index contributed by atoms with van der Waals surface area (Å²) in [4.78, 5) is 21.9. The average Bonchev–Trinajstić information content (AvgIpc) is 2.26. The van der Waals surface area contributed by atoms with Crippen LogP contribution in [0.5, 0.6) is 0 Å². The third-order valence-corrected chi connectivity index (χ3v) is 2.70. The number of carbonyl (C=O) groups excluding carboxylic acids is 2. The van der Waals surface area contributed by atoms with Gasteiger partial charge in [-0.25, -0.2) is 0 Å². The van der Waals surface area contributed by atoms with Gasteiger partial charge in [0.25, 0.3) is 0 Å². The topological polar surface area (TPSA) is 43.4 Å². The summed E-state index contributed by atoms with van der Waals surface area (Å²) in [5, 5.41) is 0. The lowest BCUT2D eigenvalue weighted by Crippen LogP contribution is -2.35. The van der Waals surface area contributed by atoms with Crippen LogP contribution in [0.2, 0.25) is 0 Å². The van der Waals surface area contributed by atoms with Gasteiger partial charge in [0.1, 0.15) is 11.9 Å². The maximum atomic E-state index is 11.3. The fourth-order valence-corrected chi connectivity index (χ4v) is 1.55. The molecule has 3 nitrogen and oxygen atoms in total. The molecule has 0 spiro atoms. The summed E-state index contributed by atoms with van der Waals surface area (Å²) in [5.74, 6) is -0.213. The number of unbranched alkanes of at least 4 members (excludes halogenated alkanes) is 1. The van der Waals surface area contributed by atoms with Crippen LogP contribution < -0.4 is 0 Å². The summed E-state index contributed by atoms with van der Waals surface area (Å²) in [5.41, 5.74) is -0.551. The molecule has 0 aliphatic rings. The predicted octanol–water partition coefficient (Wildman–Crippen LogP) is 2.87. The molecule has 0 amide bonds. The Balaban J connectivity index is 4.47. The normalized spacial score (nSPS) is 14.3. The number of rotatable bonds is 8. The van der Waals surface area contributed by atoms with Crippen molar-refractivity contribution in [1.82, 2.24) is 0 Å². The highest BCUT2D eigenvalue weighted by Crippen LogP contribution is 2.27. The molecule has 0 saturated heterocycles. The molecule has 0 aromatic carbocycles. The minimum absolute atomic E-state index is 0.213. The molecule has 0 heterocycles. The molecule has 0 saturated carbocycles. The van der Waals surface area contributed by atoms with Gasteiger partial charge < -0.3 is 9.53 Å². The van der Waals surface area contributed by atoms with Gasteiger partial charge >= 0.3 is 5.97 Å². The number of hydrogen-bond acceptors (Lipinski definition) is 3. The summed E-state index contributed by atoms with van der Waals surface area (Å²) in [7, 11) is 0. The first-order valence-electron chi connectivity index (χ1n) is 5.79. The Kier molecular flexibility index (Phi) is 7.01. The van der Waals surface area contributed by atoms with Crippen molar-refractivity contribution >= 4 is 12.3 Å². The van der Waals surface area contributed by atoms with Crippen molar-refractivity contribution in [2.75, 3.05) is 0 Å². The molecule has 0 fully saturated rings. The van der Waals surface area contributed by atoms with E-state index >= 15 is 0 Å². The molecular weight excluding hydrogens is 192 g/mol. The van der Waals surface area contributed by atoms with E-state index in [0.29, 0.717) is 19.3 Å². The van der Waals surface area contributed by atoms with Gasteiger partial charge in [-0.05, 0) is 19.3 Å². The maximum Gasteiger partial charge on any atom is 0.306 e. The Bertz CT molecular complexity index is 201. The highest BCUT2D eigenvalue weighted by molar-refractivity contribution is 5.70. The van der Waals surface area contributed by atoms with Crippen molar-refractivity contribution < 1.29 is 14.3 Å². The molecule has 15 heavy (non-hydrogen) atoms. The molecule has 0 aromatic rings. The van der Waals surface area contributed by atoms with Crippen molar-refractivity contribution in [2.24, 2.45) is 0 Å². The Morgan fingerprint density at radius 2 is 2.00 bits per heavy atom. The SMILES string of the molecule is CCCCC(CC)(CC=O)OC(=O)CC. The predicted molar refractivity (Wildman–Crippen MR) is 59.6 cm³/mol. The smallest absolute Gasteiger partial charge is 0.306 e. The van der Waals surface area contributed by atoms with Gasteiger partial charge in [0.05, 0.1) is 0 Å². The number of aldehydes is 1. The van der Waals surface area contributed by atoms with Crippen LogP contribution >= 0.6 is 0 Å². The van der Waals surface area contributed by atoms with Gasteiger partial charge in [0.15, 0.2) is 0 Å². The van der Waals surface area contributed by atoms with Gasteiger partial charge in [0, 0.05) is 12.8 Å². The van der Waals surface area contributed by atoms with Crippen molar-refractivity contribution in [3.05, 3.63) is 0 Å². The van der Waals surface area contributed by atoms with E-state index < -0.39 is 5.60 Å². The molecule has 3 heteroatoms. The molecule has 0 aromatic heterocycles. The van der Waals surface area contributed by atoms with Crippen LogP contribution in [0.25, 0.3) is 0 Å². The molecule has 1 atom stereocenters. The summed E-state index contributed by atoms with van der Waals surface area (Å²) in [6.07, 6.45) is 5.05. The van der Waals surface area contributed by atoms with E-state index in [4.69, 9.17) is 4.74 Å². The lowest BCUT2D eigenvalue weighted by atomic mass is 9.90.